The van der Waals surface area contributed by atoms with Crippen molar-refractivity contribution in [2.45, 2.75) is 18.9 Å². The van der Waals surface area contributed by atoms with Crippen molar-refractivity contribution in [3.05, 3.63) is 18.2 Å². The highest BCUT2D eigenvalue weighted by atomic mass is 16.4. The lowest BCUT2D eigenvalue weighted by Gasteiger charge is -2.25. The summed E-state index contributed by atoms with van der Waals surface area (Å²) >= 11 is 0. The number of likely N-dealkylation sites (N-methyl/N-ethyl adjacent to an activating group) is 1. The number of hydrogen-bond acceptors (Lipinski definition) is 5. The van der Waals surface area contributed by atoms with Crippen LogP contribution >= 0.6 is 0 Å². The first-order valence-corrected chi connectivity index (χ1v) is 6.71. The number of anilines is 2. The van der Waals surface area contributed by atoms with Gasteiger partial charge in [0.15, 0.2) is 5.58 Å². The number of fused-ring (bicyclic) bond motifs is 1. The SMILES string of the molecule is CN(C)CC1CCCN1c1nc2c(N)cccc2o1. The Morgan fingerprint density at radius 2 is 2.32 bits per heavy atom. The lowest BCUT2D eigenvalue weighted by Crippen LogP contribution is -2.37. The predicted molar refractivity (Wildman–Crippen MR) is 77.3 cm³/mol. The second kappa shape index (κ2) is 4.74. The van der Waals surface area contributed by atoms with Gasteiger partial charge in [-0.05, 0) is 39.1 Å². The molecule has 1 saturated heterocycles. The molecule has 1 unspecified atom stereocenters. The zero-order valence-electron chi connectivity index (χ0n) is 11.5. The minimum atomic E-state index is 0.476. The molecule has 0 amide bonds. The number of hydrogen-bond donors (Lipinski definition) is 1. The van der Waals surface area contributed by atoms with Gasteiger partial charge < -0.3 is 20.0 Å². The van der Waals surface area contributed by atoms with Crippen LogP contribution in [0.4, 0.5) is 11.7 Å². The topological polar surface area (TPSA) is 58.5 Å². The number of benzene rings is 1. The molecule has 0 radical (unpaired) electrons. The van der Waals surface area contributed by atoms with Crippen LogP contribution in [0.3, 0.4) is 0 Å². The Morgan fingerprint density at radius 1 is 1.47 bits per heavy atom. The maximum absolute atomic E-state index is 5.93. The summed E-state index contributed by atoms with van der Waals surface area (Å²) in [6.45, 7) is 2.03. The third-order valence-corrected chi connectivity index (χ3v) is 3.64. The summed E-state index contributed by atoms with van der Waals surface area (Å²) in [5, 5.41) is 0. The van der Waals surface area contributed by atoms with E-state index in [1.807, 2.05) is 18.2 Å². The molecule has 0 aliphatic carbocycles. The van der Waals surface area contributed by atoms with Crippen LogP contribution in [-0.2, 0) is 0 Å². The number of rotatable bonds is 3. The fourth-order valence-corrected chi connectivity index (χ4v) is 2.78. The molecule has 1 aromatic carbocycles. The quantitative estimate of drug-likeness (QED) is 0.855. The number of aromatic nitrogens is 1. The first-order chi connectivity index (χ1) is 9.15. The maximum atomic E-state index is 5.93. The molecule has 3 rings (SSSR count). The summed E-state index contributed by atoms with van der Waals surface area (Å²) in [7, 11) is 4.20. The lowest BCUT2D eigenvalue weighted by molar-refractivity contribution is 0.366. The van der Waals surface area contributed by atoms with Crippen molar-refractivity contribution in [1.82, 2.24) is 9.88 Å². The predicted octanol–water partition coefficient (Wildman–Crippen LogP) is 1.94. The average Bonchev–Trinajstić information content (AvgIpc) is 2.94. The van der Waals surface area contributed by atoms with Crippen LogP contribution in [0.5, 0.6) is 0 Å². The first kappa shape index (κ1) is 12.3. The standard InChI is InChI=1S/C14H20N4O/c1-17(2)9-10-5-4-8-18(10)14-16-13-11(15)6-3-7-12(13)19-14/h3,6-7,10H,4-5,8-9,15H2,1-2H3. The summed E-state index contributed by atoms with van der Waals surface area (Å²) in [5.41, 5.74) is 8.15. The summed E-state index contributed by atoms with van der Waals surface area (Å²) in [6, 6.07) is 6.85. The van der Waals surface area contributed by atoms with Gasteiger partial charge in [0.05, 0.1) is 5.69 Å². The molecule has 19 heavy (non-hydrogen) atoms. The molecule has 5 heteroatoms. The Kier molecular flexibility index (Phi) is 3.06. The van der Waals surface area contributed by atoms with E-state index in [0.717, 1.165) is 24.2 Å². The third kappa shape index (κ3) is 2.26. The Labute approximate surface area is 113 Å². The van der Waals surface area contributed by atoms with Gasteiger partial charge in [-0.15, -0.1) is 0 Å². The van der Waals surface area contributed by atoms with E-state index < -0.39 is 0 Å². The Hall–Kier alpha value is -1.75. The number of nitrogens with zero attached hydrogens (tertiary/aromatic N) is 3. The summed E-state index contributed by atoms with van der Waals surface area (Å²) in [5.74, 6) is 0. The van der Waals surface area contributed by atoms with E-state index in [1.54, 1.807) is 0 Å². The van der Waals surface area contributed by atoms with Crippen LogP contribution in [0.25, 0.3) is 11.1 Å². The summed E-state index contributed by atoms with van der Waals surface area (Å²) in [6.07, 6.45) is 2.37. The molecule has 1 aliphatic rings. The molecular formula is C14H20N4O. The van der Waals surface area contributed by atoms with E-state index in [2.05, 4.69) is 28.9 Å². The fraction of sp³-hybridized carbons (Fsp3) is 0.500. The van der Waals surface area contributed by atoms with Gasteiger partial charge in [0.1, 0.15) is 5.52 Å². The van der Waals surface area contributed by atoms with Crippen LogP contribution in [0.2, 0.25) is 0 Å². The number of nitrogens with two attached hydrogens (primary N) is 1. The van der Waals surface area contributed by atoms with E-state index >= 15 is 0 Å². The second-order valence-electron chi connectivity index (χ2n) is 5.44. The fourth-order valence-electron chi connectivity index (χ4n) is 2.78. The molecular weight excluding hydrogens is 240 g/mol. The number of oxazole rings is 1. The molecule has 0 bridgehead atoms. The molecule has 1 aromatic heterocycles. The van der Waals surface area contributed by atoms with Crippen LogP contribution in [0.1, 0.15) is 12.8 Å². The minimum absolute atomic E-state index is 0.476. The van der Waals surface area contributed by atoms with Crippen LogP contribution < -0.4 is 10.6 Å². The first-order valence-electron chi connectivity index (χ1n) is 6.71. The molecule has 0 saturated carbocycles. The lowest BCUT2D eigenvalue weighted by atomic mass is 10.2. The van der Waals surface area contributed by atoms with Crippen molar-refractivity contribution in [2.24, 2.45) is 0 Å². The van der Waals surface area contributed by atoms with Gasteiger partial charge in [-0.3, -0.25) is 0 Å². The Balaban J connectivity index is 1.93. The summed E-state index contributed by atoms with van der Waals surface area (Å²) in [4.78, 5) is 9.04. The van der Waals surface area contributed by atoms with Gasteiger partial charge in [0.25, 0.3) is 6.01 Å². The van der Waals surface area contributed by atoms with Gasteiger partial charge in [-0.2, -0.15) is 4.98 Å². The van der Waals surface area contributed by atoms with Crippen molar-refractivity contribution in [3.63, 3.8) is 0 Å². The zero-order valence-corrected chi connectivity index (χ0v) is 11.5. The molecule has 5 nitrogen and oxygen atoms in total. The molecule has 1 fully saturated rings. The molecule has 2 N–H and O–H groups in total. The molecule has 0 spiro atoms. The smallest absolute Gasteiger partial charge is 0.298 e. The van der Waals surface area contributed by atoms with Crippen molar-refractivity contribution in [3.8, 4) is 0 Å². The van der Waals surface area contributed by atoms with Gasteiger partial charge in [0, 0.05) is 19.1 Å². The molecule has 2 aromatic rings. The largest absolute Gasteiger partial charge is 0.423 e. The normalized spacial score (nSPS) is 19.7. The van der Waals surface area contributed by atoms with Gasteiger partial charge in [0.2, 0.25) is 0 Å². The molecule has 1 atom stereocenters. The monoisotopic (exact) mass is 260 g/mol. The van der Waals surface area contributed by atoms with E-state index in [4.69, 9.17) is 10.2 Å². The molecule has 1 aliphatic heterocycles. The molecule has 102 valence electrons. The third-order valence-electron chi connectivity index (χ3n) is 3.64. The highest BCUT2D eigenvalue weighted by molar-refractivity contribution is 5.86. The summed E-state index contributed by atoms with van der Waals surface area (Å²) < 4.78 is 5.86. The van der Waals surface area contributed by atoms with Crippen molar-refractivity contribution in [2.75, 3.05) is 37.8 Å². The minimum Gasteiger partial charge on any atom is -0.423 e. The van der Waals surface area contributed by atoms with E-state index in [9.17, 15) is 0 Å². The Morgan fingerprint density at radius 3 is 3.05 bits per heavy atom. The van der Waals surface area contributed by atoms with Gasteiger partial charge >= 0.3 is 0 Å². The maximum Gasteiger partial charge on any atom is 0.298 e. The Bertz CT molecular complexity index is 578. The van der Waals surface area contributed by atoms with Crippen molar-refractivity contribution < 1.29 is 4.42 Å². The average molecular weight is 260 g/mol. The van der Waals surface area contributed by atoms with Crippen LogP contribution in [0.15, 0.2) is 22.6 Å². The van der Waals surface area contributed by atoms with E-state index in [0.29, 0.717) is 17.7 Å². The zero-order chi connectivity index (χ0) is 13.4. The van der Waals surface area contributed by atoms with Crippen LogP contribution in [0, 0.1) is 0 Å². The second-order valence-corrected chi connectivity index (χ2v) is 5.44. The van der Waals surface area contributed by atoms with Gasteiger partial charge in [-0.1, -0.05) is 6.07 Å². The van der Waals surface area contributed by atoms with Crippen molar-refractivity contribution in [1.29, 1.82) is 0 Å². The van der Waals surface area contributed by atoms with Gasteiger partial charge in [-0.25, -0.2) is 0 Å². The highest BCUT2D eigenvalue weighted by Crippen LogP contribution is 2.30. The highest BCUT2D eigenvalue weighted by Gasteiger charge is 2.28. The van der Waals surface area contributed by atoms with Crippen molar-refractivity contribution >= 4 is 22.8 Å². The molecule has 2 heterocycles. The number of nitrogen functional groups attached to an aromatic ring is 1. The van der Waals surface area contributed by atoms with Crippen LogP contribution in [-0.4, -0.2) is 43.1 Å². The van der Waals surface area contributed by atoms with E-state index in [-0.39, 0.29) is 0 Å². The number of para-hydroxylation sites is 1. The van der Waals surface area contributed by atoms with E-state index in [1.165, 1.54) is 12.8 Å².